The van der Waals surface area contributed by atoms with Crippen molar-refractivity contribution >= 4 is 28.9 Å². The van der Waals surface area contributed by atoms with Gasteiger partial charge in [-0.05, 0) is 43.3 Å². The van der Waals surface area contributed by atoms with Gasteiger partial charge in [-0.25, -0.2) is 0 Å². The van der Waals surface area contributed by atoms with Crippen molar-refractivity contribution in [2.75, 3.05) is 25.6 Å². The van der Waals surface area contributed by atoms with Crippen LogP contribution in [0, 0.1) is 0 Å². The standard InChI is InChI=1S/C20H19Cl2N3O2/c1-4-24(2)19-12-18(13-6-5-7-17(8-13)27-3)23-25(20(19)26)16-10-14(21)9-15(22)11-16/h5-12H,4H2,1-3H3. The van der Waals surface area contributed by atoms with Crippen molar-refractivity contribution in [3.63, 3.8) is 0 Å². The van der Waals surface area contributed by atoms with Gasteiger partial charge in [0.1, 0.15) is 11.4 Å². The zero-order valence-electron chi connectivity index (χ0n) is 15.2. The van der Waals surface area contributed by atoms with E-state index in [2.05, 4.69) is 5.10 Å². The first-order valence-electron chi connectivity index (χ1n) is 8.39. The van der Waals surface area contributed by atoms with Gasteiger partial charge in [0, 0.05) is 29.2 Å². The van der Waals surface area contributed by atoms with E-state index < -0.39 is 0 Å². The van der Waals surface area contributed by atoms with Crippen molar-refractivity contribution in [1.29, 1.82) is 0 Å². The van der Waals surface area contributed by atoms with E-state index in [-0.39, 0.29) is 5.56 Å². The van der Waals surface area contributed by atoms with Gasteiger partial charge in [0.15, 0.2) is 0 Å². The van der Waals surface area contributed by atoms with Crippen molar-refractivity contribution in [2.45, 2.75) is 6.92 Å². The summed E-state index contributed by atoms with van der Waals surface area (Å²) in [5.74, 6) is 0.711. The van der Waals surface area contributed by atoms with Crippen molar-refractivity contribution in [1.82, 2.24) is 9.78 Å². The van der Waals surface area contributed by atoms with Crippen LogP contribution in [0.1, 0.15) is 6.92 Å². The molecule has 27 heavy (non-hydrogen) atoms. The molecule has 7 heteroatoms. The maximum absolute atomic E-state index is 13.0. The number of anilines is 1. The van der Waals surface area contributed by atoms with Gasteiger partial charge >= 0.3 is 0 Å². The van der Waals surface area contributed by atoms with Crippen molar-refractivity contribution in [3.8, 4) is 22.7 Å². The molecule has 3 aromatic rings. The molecule has 2 aromatic carbocycles. The Kier molecular flexibility index (Phi) is 5.73. The van der Waals surface area contributed by atoms with Crippen LogP contribution in [0.4, 0.5) is 5.69 Å². The minimum atomic E-state index is -0.246. The monoisotopic (exact) mass is 403 g/mol. The number of nitrogens with zero attached hydrogens (tertiary/aromatic N) is 3. The number of hydrogen-bond acceptors (Lipinski definition) is 4. The summed E-state index contributed by atoms with van der Waals surface area (Å²) in [6.45, 7) is 2.65. The lowest BCUT2D eigenvalue weighted by Gasteiger charge is -2.19. The average Bonchev–Trinajstić information content (AvgIpc) is 2.66. The lowest BCUT2D eigenvalue weighted by atomic mass is 10.1. The number of aromatic nitrogens is 2. The number of halogens is 2. The van der Waals surface area contributed by atoms with E-state index in [1.807, 2.05) is 43.1 Å². The lowest BCUT2D eigenvalue weighted by molar-refractivity contribution is 0.415. The second-order valence-electron chi connectivity index (χ2n) is 6.01. The average molecular weight is 404 g/mol. The highest BCUT2D eigenvalue weighted by atomic mass is 35.5. The Hall–Kier alpha value is -2.50. The van der Waals surface area contributed by atoms with E-state index in [1.54, 1.807) is 31.4 Å². The minimum Gasteiger partial charge on any atom is -0.497 e. The second kappa shape index (κ2) is 8.03. The molecule has 0 atom stereocenters. The van der Waals surface area contributed by atoms with E-state index in [0.29, 0.717) is 39.4 Å². The molecule has 5 nitrogen and oxygen atoms in total. The fourth-order valence-electron chi connectivity index (χ4n) is 2.69. The first kappa shape index (κ1) is 19.3. The third-order valence-corrected chi connectivity index (χ3v) is 4.67. The van der Waals surface area contributed by atoms with Gasteiger partial charge in [-0.15, -0.1) is 0 Å². The zero-order chi connectivity index (χ0) is 19.6. The molecule has 0 saturated carbocycles. The Morgan fingerprint density at radius 1 is 1.11 bits per heavy atom. The molecule has 0 spiro atoms. The van der Waals surface area contributed by atoms with Crippen LogP contribution in [-0.4, -0.2) is 30.5 Å². The minimum absolute atomic E-state index is 0.246. The Labute approximate surface area is 167 Å². The summed E-state index contributed by atoms with van der Waals surface area (Å²) in [5.41, 5.74) is 2.26. The molecular formula is C20H19Cl2N3O2. The molecular weight excluding hydrogens is 385 g/mol. The molecule has 0 aliphatic carbocycles. The first-order valence-corrected chi connectivity index (χ1v) is 9.15. The van der Waals surface area contributed by atoms with Crippen LogP contribution < -0.4 is 15.2 Å². The van der Waals surface area contributed by atoms with Crippen LogP contribution in [0.3, 0.4) is 0 Å². The van der Waals surface area contributed by atoms with Gasteiger partial charge in [0.2, 0.25) is 0 Å². The predicted molar refractivity (Wildman–Crippen MR) is 111 cm³/mol. The summed E-state index contributed by atoms with van der Waals surface area (Å²) >= 11 is 12.2. The summed E-state index contributed by atoms with van der Waals surface area (Å²) < 4.78 is 6.63. The molecule has 0 fully saturated rings. The molecule has 1 aromatic heterocycles. The Balaban J connectivity index is 2.27. The topological polar surface area (TPSA) is 47.4 Å². The van der Waals surface area contributed by atoms with Gasteiger partial charge in [0.25, 0.3) is 5.56 Å². The van der Waals surface area contributed by atoms with Gasteiger partial charge < -0.3 is 9.64 Å². The largest absolute Gasteiger partial charge is 0.497 e. The number of methoxy groups -OCH3 is 1. The third kappa shape index (κ3) is 4.10. The highest BCUT2D eigenvalue weighted by Gasteiger charge is 2.15. The summed E-state index contributed by atoms with van der Waals surface area (Å²) in [5, 5.41) is 5.42. The molecule has 3 rings (SSSR count). The van der Waals surface area contributed by atoms with E-state index in [9.17, 15) is 4.79 Å². The zero-order valence-corrected chi connectivity index (χ0v) is 16.8. The Morgan fingerprint density at radius 3 is 2.44 bits per heavy atom. The van der Waals surface area contributed by atoms with Crippen LogP contribution in [0.5, 0.6) is 5.75 Å². The summed E-state index contributed by atoms with van der Waals surface area (Å²) in [4.78, 5) is 14.9. The molecule has 0 N–H and O–H groups in total. The maximum Gasteiger partial charge on any atom is 0.295 e. The quantitative estimate of drug-likeness (QED) is 0.620. The summed E-state index contributed by atoms with van der Waals surface area (Å²) in [6.07, 6.45) is 0. The van der Waals surface area contributed by atoms with Gasteiger partial charge in [0.05, 0.1) is 18.5 Å². The predicted octanol–water partition coefficient (Wildman–Crippen LogP) is 4.67. The smallest absolute Gasteiger partial charge is 0.295 e. The molecule has 140 valence electrons. The molecule has 0 amide bonds. The van der Waals surface area contributed by atoms with E-state index in [0.717, 1.165) is 5.56 Å². The van der Waals surface area contributed by atoms with E-state index in [4.69, 9.17) is 27.9 Å². The molecule has 0 radical (unpaired) electrons. The molecule has 0 aliphatic rings. The first-order chi connectivity index (χ1) is 12.9. The number of ether oxygens (including phenoxy) is 1. The SMILES string of the molecule is CCN(C)c1cc(-c2cccc(OC)c2)nn(-c2cc(Cl)cc(Cl)c2)c1=O. The molecule has 0 aliphatic heterocycles. The fourth-order valence-corrected chi connectivity index (χ4v) is 3.20. The molecule has 0 bridgehead atoms. The lowest BCUT2D eigenvalue weighted by Crippen LogP contribution is -2.30. The number of rotatable bonds is 5. The van der Waals surface area contributed by atoms with Crippen LogP contribution in [0.2, 0.25) is 10.0 Å². The van der Waals surface area contributed by atoms with Crippen LogP contribution in [0.15, 0.2) is 53.3 Å². The second-order valence-corrected chi connectivity index (χ2v) is 6.88. The Bertz CT molecular complexity index is 1010. The normalized spacial score (nSPS) is 10.7. The number of hydrogen-bond donors (Lipinski definition) is 0. The van der Waals surface area contributed by atoms with E-state index >= 15 is 0 Å². The van der Waals surface area contributed by atoms with Gasteiger partial charge in [-0.2, -0.15) is 9.78 Å². The van der Waals surface area contributed by atoms with Crippen LogP contribution in [0.25, 0.3) is 16.9 Å². The molecule has 1 heterocycles. The van der Waals surface area contributed by atoms with E-state index in [1.165, 1.54) is 4.68 Å². The van der Waals surface area contributed by atoms with Crippen LogP contribution >= 0.6 is 23.2 Å². The molecule has 0 unspecified atom stereocenters. The van der Waals surface area contributed by atoms with Crippen molar-refractivity contribution < 1.29 is 4.74 Å². The van der Waals surface area contributed by atoms with Crippen LogP contribution in [-0.2, 0) is 0 Å². The third-order valence-electron chi connectivity index (χ3n) is 4.24. The van der Waals surface area contributed by atoms with Gasteiger partial charge in [-0.1, -0.05) is 35.3 Å². The van der Waals surface area contributed by atoms with Crippen molar-refractivity contribution in [3.05, 3.63) is 68.9 Å². The van der Waals surface area contributed by atoms with Gasteiger partial charge in [-0.3, -0.25) is 4.79 Å². The highest BCUT2D eigenvalue weighted by molar-refractivity contribution is 6.34. The summed E-state index contributed by atoms with van der Waals surface area (Å²) in [7, 11) is 3.47. The number of benzene rings is 2. The highest BCUT2D eigenvalue weighted by Crippen LogP contribution is 2.26. The Morgan fingerprint density at radius 2 is 1.81 bits per heavy atom. The fraction of sp³-hybridized carbons (Fsp3) is 0.200. The maximum atomic E-state index is 13.0. The summed E-state index contributed by atoms with van der Waals surface area (Å²) in [6, 6.07) is 14.2. The molecule has 0 saturated heterocycles. The van der Waals surface area contributed by atoms with Crippen molar-refractivity contribution in [2.24, 2.45) is 0 Å².